The standard InChI is InChI=1S/C15H25N3O/c1-11(10-19-2)18-14-7-8-16-9-13(14)17-15(18)12-5-3-4-6-12/h11-12,16H,3-10H2,1-2H3. The van der Waals surface area contributed by atoms with E-state index in [-0.39, 0.29) is 0 Å². The Morgan fingerprint density at radius 1 is 1.42 bits per heavy atom. The molecule has 2 aliphatic rings. The molecule has 1 N–H and O–H groups in total. The Balaban J connectivity index is 1.98. The summed E-state index contributed by atoms with van der Waals surface area (Å²) in [4.78, 5) is 4.98. The molecule has 1 aliphatic carbocycles. The van der Waals surface area contributed by atoms with Crippen molar-refractivity contribution in [2.45, 2.75) is 57.5 Å². The molecule has 1 atom stereocenters. The van der Waals surface area contributed by atoms with Crippen LogP contribution in [0, 0.1) is 0 Å². The van der Waals surface area contributed by atoms with Gasteiger partial charge in [0, 0.05) is 38.2 Å². The van der Waals surface area contributed by atoms with E-state index in [1.807, 2.05) is 0 Å². The number of ether oxygens (including phenoxy) is 1. The molecule has 0 bridgehead atoms. The number of fused-ring (bicyclic) bond motifs is 1. The maximum atomic E-state index is 5.37. The van der Waals surface area contributed by atoms with Gasteiger partial charge in [0.05, 0.1) is 18.3 Å². The minimum Gasteiger partial charge on any atom is -0.383 e. The molecule has 2 heterocycles. The van der Waals surface area contributed by atoms with Crippen molar-refractivity contribution in [1.29, 1.82) is 0 Å². The number of nitrogens with zero attached hydrogens (tertiary/aromatic N) is 2. The first-order valence-corrected chi connectivity index (χ1v) is 7.60. The maximum absolute atomic E-state index is 5.37. The van der Waals surface area contributed by atoms with Crippen molar-refractivity contribution in [3.8, 4) is 0 Å². The summed E-state index contributed by atoms with van der Waals surface area (Å²) >= 11 is 0. The van der Waals surface area contributed by atoms with Crippen LogP contribution >= 0.6 is 0 Å². The first-order chi connectivity index (χ1) is 9.31. The molecule has 0 spiro atoms. The highest BCUT2D eigenvalue weighted by molar-refractivity contribution is 5.23. The molecule has 1 aromatic rings. The first kappa shape index (κ1) is 13.1. The number of methoxy groups -OCH3 is 1. The highest BCUT2D eigenvalue weighted by Gasteiger charge is 2.28. The van der Waals surface area contributed by atoms with E-state index >= 15 is 0 Å². The number of nitrogens with one attached hydrogen (secondary N) is 1. The van der Waals surface area contributed by atoms with Gasteiger partial charge < -0.3 is 14.6 Å². The van der Waals surface area contributed by atoms with Crippen LogP contribution in [0.2, 0.25) is 0 Å². The molecule has 106 valence electrons. The van der Waals surface area contributed by atoms with Gasteiger partial charge in [0.1, 0.15) is 5.82 Å². The zero-order valence-corrected chi connectivity index (χ0v) is 12.1. The van der Waals surface area contributed by atoms with Crippen molar-refractivity contribution in [2.24, 2.45) is 0 Å². The molecule has 0 saturated heterocycles. The molecule has 19 heavy (non-hydrogen) atoms. The van der Waals surface area contributed by atoms with Crippen molar-refractivity contribution < 1.29 is 4.74 Å². The minimum atomic E-state index is 0.398. The molecule has 4 heteroatoms. The highest BCUT2D eigenvalue weighted by atomic mass is 16.5. The molecule has 1 aromatic heterocycles. The number of imidazole rings is 1. The Hall–Kier alpha value is -0.870. The predicted molar refractivity (Wildman–Crippen MR) is 75.4 cm³/mol. The fourth-order valence-corrected chi connectivity index (χ4v) is 3.63. The molecule has 1 aliphatic heterocycles. The molecule has 3 rings (SSSR count). The van der Waals surface area contributed by atoms with Gasteiger partial charge in [-0.3, -0.25) is 0 Å². The van der Waals surface area contributed by atoms with Crippen LogP contribution in [0.4, 0.5) is 0 Å². The third-order valence-electron chi connectivity index (χ3n) is 4.52. The van der Waals surface area contributed by atoms with Gasteiger partial charge in [-0.1, -0.05) is 12.8 Å². The second-order valence-corrected chi connectivity index (χ2v) is 5.95. The Morgan fingerprint density at radius 2 is 2.21 bits per heavy atom. The molecule has 1 unspecified atom stereocenters. The average Bonchev–Trinajstić information content (AvgIpc) is 3.06. The smallest absolute Gasteiger partial charge is 0.112 e. The lowest BCUT2D eigenvalue weighted by molar-refractivity contribution is 0.159. The Kier molecular flexibility index (Phi) is 3.89. The molecule has 0 aromatic carbocycles. The molecule has 1 saturated carbocycles. The van der Waals surface area contributed by atoms with Crippen molar-refractivity contribution in [3.05, 3.63) is 17.2 Å². The van der Waals surface area contributed by atoms with E-state index in [2.05, 4.69) is 16.8 Å². The van der Waals surface area contributed by atoms with Gasteiger partial charge in [-0.15, -0.1) is 0 Å². The average molecular weight is 263 g/mol. The van der Waals surface area contributed by atoms with Crippen LogP contribution in [0.5, 0.6) is 0 Å². The number of hydrogen-bond acceptors (Lipinski definition) is 3. The second kappa shape index (κ2) is 5.63. The van der Waals surface area contributed by atoms with Crippen molar-refractivity contribution in [3.63, 3.8) is 0 Å². The summed E-state index contributed by atoms with van der Waals surface area (Å²) in [5.74, 6) is 2.00. The zero-order valence-electron chi connectivity index (χ0n) is 12.1. The Labute approximate surface area is 115 Å². The van der Waals surface area contributed by atoms with Gasteiger partial charge in [0.25, 0.3) is 0 Å². The number of hydrogen-bond donors (Lipinski definition) is 1. The van der Waals surface area contributed by atoms with Crippen molar-refractivity contribution in [1.82, 2.24) is 14.9 Å². The van der Waals surface area contributed by atoms with Gasteiger partial charge in [-0.25, -0.2) is 4.98 Å². The Morgan fingerprint density at radius 3 is 2.95 bits per heavy atom. The van der Waals surface area contributed by atoms with E-state index < -0.39 is 0 Å². The Bertz CT molecular complexity index is 435. The third kappa shape index (κ3) is 2.43. The first-order valence-electron chi connectivity index (χ1n) is 7.60. The van der Waals surface area contributed by atoms with Gasteiger partial charge in [0.15, 0.2) is 0 Å². The summed E-state index contributed by atoms with van der Waals surface area (Å²) in [5, 5.41) is 3.44. The number of aromatic nitrogens is 2. The van der Waals surface area contributed by atoms with Crippen LogP contribution in [0.25, 0.3) is 0 Å². The fraction of sp³-hybridized carbons (Fsp3) is 0.800. The SMILES string of the molecule is COCC(C)n1c(C2CCCC2)nc2c1CCNC2. The highest BCUT2D eigenvalue weighted by Crippen LogP contribution is 2.36. The van der Waals surface area contributed by atoms with E-state index in [4.69, 9.17) is 9.72 Å². The minimum absolute atomic E-state index is 0.398. The van der Waals surface area contributed by atoms with Crippen LogP contribution in [-0.4, -0.2) is 29.8 Å². The lowest BCUT2D eigenvalue weighted by atomic mass is 10.1. The van der Waals surface area contributed by atoms with Gasteiger partial charge in [-0.05, 0) is 19.8 Å². The summed E-state index contributed by atoms with van der Waals surface area (Å²) < 4.78 is 7.87. The van der Waals surface area contributed by atoms with Crippen LogP contribution in [0.3, 0.4) is 0 Å². The number of rotatable bonds is 4. The van der Waals surface area contributed by atoms with Crippen LogP contribution in [0.1, 0.15) is 61.8 Å². The van der Waals surface area contributed by atoms with Crippen molar-refractivity contribution >= 4 is 0 Å². The van der Waals surface area contributed by atoms with E-state index in [1.165, 1.54) is 42.9 Å². The zero-order chi connectivity index (χ0) is 13.2. The van der Waals surface area contributed by atoms with Crippen molar-refractivity contribution in [2.75, 3.05) is 20.3 Å². The lowest BCUT2D eigenvalue weighted by Gasteiger charge is -2.23. The van der Waals surface area contributed by atoms with Crippen LogP contribution in [0.15, 0.2) is 0 Å². The molecule has 4 nitrogen and oxygen atoms in total. The van der Waals surface area contributed by atoms with E-state index in [1.54, 1.807) is 7.11 Å². The quantitative estimate of drug-likeness (QED) is 0.906. The summed E-state index contributed by atoms with van der Waals surface area (Å²) in [6.07, 6.45) is 6.44. The molecule has 1 fully saturated rings. The summed E-state index contributed by atoms with van der Waals surface area (Å²) in [5.41, 5.74) is 2.72. The van der Waals surface area contributed by atoms with Crippen LogP contribution in [-0.2, 0) is 17.7 Å². The van der Waals surface area contributed by atoms with Gasteiger partial charge in [0.2, 0.25) is 0 Å². The molecule has 0 amide bonds. The normalized spacial score (nSPS) is 21.6. The predicted octanol–water partition coefficient (Wildman–Crippen LogP) is 2.39. The lowest BCUT2D eigenvalue weighted by Crippen LogP contribution is -2.26. The van der Waals surface area contributed by atoms with E-state index in [0.717, 1.165) is 26.1 Å². The maximum Gasteiger partial charge on any atom is 0.112 e. The van der Waals surface area contributed by atoms with Gasteiger partial charge >= 0.3 is 0 Å². The summed E-state index contributed by atoms with van der Waals surface area (Å²) in [6.45, 7) is 5.03. The monoisotopic (exact) mass is 263 g/mol. The van der Waals surface area contributed by atoms with E-state index in [9.17, 15) is 0 Å². The van der Waals surface area contributed by atoms with Crippen LogP contribution < -0.4 is 5.32 Å². The summed E-state index contributed by atoms with van der Waals surface area (Å²) in [6, 6.07) is 0.398. The molecular weight excluding hydrogens is 238 g/mol. The largest absolute Gasteiger partial charge is 0.383 e. The topological polar surface area (TPSA) is 39.1 Å². The van der Waals surface area contributed by atoms with Gasteiger partial charge in [-0.2, -0.15) is 0 Å². The molecular formula is C15H25N3O. The third-order valence-corrected chi connectivity index (χ3v) is 4.52. The molecule has 0 radical (unpaired) electrons. The second-order valence-electron chi connectivity index (χ2n) is 5.95. The fourth-order valence-electron chi connectivity index (χ4n) is 3.63. The van der Waals surface area contributed by atoms with E-state index in [0.29, 0.717) is 12.0 Å². The summed E-state index contributed by atoms with van der Waals surface area (Å²) in [7, 11) is 1.79.